The minimum Gasteiger partial charge on any atom is -0.483 e. The second kappa shape index (κ2) is 7.61. The second-order valence-electron chi connectivity index (χ2n) is 4.33. The lowest BCUT2D eigenvalue weighted by Crippen LogP contribution is -2.21. The summed E-state index contributed by atoms with van der Waals surface area (Å²) in [7, 11) is 1.29. The van der Waals surface area contributed by atoms with Crippen LogP contribution in [0.2, 0.25) is 0 Å². The van der Waals surface area contributed by atoms with Crippen LogP contribution in [0.25, 0.3) is 0 Å². The number of methoxy groups -OCH3 is 1. The minimum absolute atomic E-state index is 0.208. The van der Waals surface area contributed by atoms with Gasteiger partial charge in [-0.3, -0.25) is 4.79 Å². The van der Waals surface area contributed by atoms with E-state index in [9.17, 15) is 9.59 Å². The third-order valence-electron chi connectivity index (χ3n) is 2.76. The summed E-state index contributed by atoms with van der Waals surface area (Å²) in [5.74, 6) is -0.528. The minimum atomic E-state index is -0.511. The molecule has 0 unspecified atom stereocenters. The van der Waals surface area contributed by atoms with Crippen molar-refractivity contribution in [3.05, 3.63) is 58.6 Å². The van der Waals surface area contributed by atoms with Crippen LogP contribution in [-0.2, 0) is 9.53 Å². The smallest absolute Gasteiger partial charge is 0.341 e. The second-order valence-corrected chi connectivity index (χ2v) is 5.25. The molecule has 0 aliphatic rings. The molecule has 0 saturated carbocycles. The lowest BCUT2D eigenvalue weighted by Gasteiger charge is -2.10. The molecule has 0 bridgehead atoms. The number of nitrogens with one attached hydrogen (secondary N) is 1. The average Bonchev–Trinajstić information content (AvgIpc) is 2.52. The van der Waals surface area contributed by atoms with E-state index >= 15 is 0 Å². The van der Waals surface area contributed by atoms with Crippen LogP contribution in [-0.4, -0.2) is 25.6 Å². The predicted molar refractivity (Wildman–Crippen MR) is 86.0 cm³/mol. The molecule has 0 radical (unpaired) electrons. The Morgan fingerprint density at radius 2 is 1.91 bits per heavy atom. The maximum absolute atomic E-state index is 11.9. The lowest BCUT2D eigenvalue weighted by atomic mass is 10.2. The molecule has 22 heavy (non-hydrogen) atoms. The molecule has 6 heteroatoms. The molecule has 0 atom stereocenters. The number of carbonyl (C=O) groups excluding carboxylic acids is 2. The standard InChI is InChI=1S/C16H14BrNO4/c1-21-16(20)13-7-2-3-8-14(13)22-10-15(19)18-12-6-4-5-11(17)9-12/h2-9H,10H2,1H3,(H,18,19). The fourth-order valence-electron chi connectivity index (χ4n) is 1.78. The summed E-state index contributed by atoms with van der Waals surface area (Å²) >= 11 is 3.33. The average molecular weight is 364 g/mol. The molecule has 5 nitrogen and oxygen atoms in total. The number of rotatable bonds is 5. The van der Waals surface area contributed by atoms with Crippen LogP contribution in [0.3, 0.4) is 0 Å². The van der Waals surface area contributed by atoms with Gasteiger partial charge < -0.3 is 14.8 Å². The number of benzene rings is 2. The zero-order valence-corrected chi connectivity index (χ0v) is 13.4. The maximum Gasteiger partial charge on any atom is 0.341 e. The first-order valence-corrected chi connectivity index (χ1v) is 7.25. The van der Waals surface area contributed by atoms with Crippen LogP contribution in [0.15, 0.2) is 53.0 Å². The van der Waals surface area contributed by atoms with Gasteiger partial charge in [0.2, 0.25) is 0 Å². The number of amides is 1. The van der Waals surface area contributed by atoms with E-state index in [-0.39, 0.29) is 18.1 Å². The van der Waals surface area contributed by atoms with Gasteiger partial charge >= 0.3 is 5.97 Å². The van der Waals surface area contributed by atoms with Crippen molar-refractivity contribution in [2.75, 3.05) is 19.0 Å². The third-order valence-corrected chi connectivity index (χ3v) is 3.25. The normalized spacial score (nSPS) is 9.91. The highest BCUT2D eigenvalue weighted by Gasteiger charge is 2.13. The van der Waals surface area contributed by atoms with E-state index in [4.69, 9.17) is 4.74 Å². The van der Waals surface area contributed by atoms with Crippen LogP contribution in [0.4, 0.5) is 5.69 Å². The summed E-state index contributed by atoms with van der Waals surface area (Å²) < 4.78 is 10.9. The highest BCUT2D eigenvalue weighted by atomic mass is 79.9. The van der Waals surface area contributed by atoms with Crippen molar-refractivity contribution in [1.82, 2.24) is 0 Å². The molecule has 0 aromatic heterocycles. The summed E-state index contributed by atoms with van der Waals surface area (Å²) in [5, 5.41) is 2.71. The van der Waals surface area contributed by atoms with Crippen LogP contribution < -0.4 is 10.1 Å². The Morgan fingerprint density at radius 3 is 2.64 bits per heavy atom. The quantitative estimate of drug-likeness (QED) is 0.828. The van der Waals surface area contributed by atoms with Crippen molar-refractivity contribution >= 4 is 33.5 Å². The van der Waals surface area contributed by atoms with Crippen molar-refractivity contribution in [2.24, 2.45) is 0 Å². The first-order valence-electron chi connectivity index (χ1n) is 6.45. The Morgan fingerprint density at radius 1 is 1.14 bits per heavy atom. The predicted octanol–water partition coefficient (Wildman–Crippen LogP) is 3.25. The van der Waals surface area contributed by atoms with Gasteiger partial charge in [-0.1, -0.05) is 34.1 Å². The van der Waals surface area contributed by atoms with E-state index in [2.05, 4.69) is 26.0 Å². The van der Waals surface area contributed by atoms with Gasteiger partial charge in [-0.15, -0.1) is 0 Å². The molecular weight excluding hydrogens is 350 g/mol. The molecule has 0 fully saturated rings. The molecule has 1 N–H and O–H groups in total. The molecule has 2 aromatic rings. The molecule has 0 aliphatic carbocycles. The first kappa shape index (κ1) is 16.0. The van der Waals surface area contributed by atoms with E-state index in [0.717, 1.165) is 4.47 Å². The molecular formula is C16H14BrNO4. The molecule has 0 heterocycles. The number of hydrogen-bond acceptors (Lipinski definition) is 4. The number of anilines is 1. The number of esters is 1. The first-order chi connectivity index (χ1) is 10.6. The van der Waals surface area contributed by atoms with Crippen molar-refractivity contribution in [1.29, 1.82) is 0 Å². The van der Waals surface area contributed by atoms with E-state index in [1.54, 1.807) is 36.4 Å². The Bertz CT molecular complexity index is 687. The number of carbonyl (C=O) groups is 2. The van der Waals surface area contributed by atoms with Gasteiger partial charge in [0.25, 0.3) is 5.91 Å². The van der Waals surface area contributed by atoms with Crippen LogP contribution in [0.5, 0.6) is 5.75 Å². The molecule has 1 amide bonds. The van der Waals surface area contributed by atoms with Gasteiger partial charge in [-0.25, -0.2) is 4.79 Å². The number of ether oxygens (including phenoxy) is 2. The van der Waals surface area contributed by atoms with E-state index in [1.807, 2.05) is 12.1 Å². The summed E-state index contributed by atoms with van der Waals surface area (Å²) in [6.45, 7) is -0.208. The van der Waals surface area contributed by atoms with Gasteiger partial charge in [0.1, 0.15) is 11.3 Å². The molecule has 0 spiro atoms. The van der Waals surface area contributed by atoms with Crippen molar-refractivity contribution in [3.8, 4) is 5.75 Å². The number of halogens is 1. The van der Waals surface area contributed by atoms with Gasteiger partial charge in [0.05, 0.1) is 7.11 Å². The van der Waals surface area contributed by atoms with Crippen LogP contribution in [0, 0.1) is 0 Å². The van der Waals surface area contributed by atoms with Gasteiger partial charge in [-0.2, -0.15) is 0 Å². The van der Waals surface area contributed by atoms with E-state index in [0.29, 0.717) is 11.4 Å². The fraction of sp³-hybridized carbons (Fsp3) is 0.125. The Hall–Kier alpha value is -2.34. The lowest BCUT2D eigenvalue weighted by molar-refractivity contribution is -0.118. The molecule has 2 rings (SSSR count). The third kappa shape index (κ3) is 4.33. The zero-order chi connectivity index (χ0) is 15.9. The molecule has 0 saturated heterocycles. The van der Waals surface area contributed by atoms with E-state index in [1.165, 1.54) is 7.11 Å². The van der Waals surface area contributed by atoms with Gasteiger partial charge in [-0.05, 0) is 30.3 Å². The summed E-state index contributed by atoms with van der Waals surface area (Å²) in [5.41, 5.74) is 0.935. The SMILES string of the molecule is COC(=O)c1ccccc1OCC(=O)Nc1cccc(Br)c1. The van der Waals surface area contributed by atoms with Crippen LogP contribution >= 0.6 is 15.9 Å². The molecule has 0 aliphatic heterocycles. The summed E-state index contributed by atoms with van der Waals surface area (Å²) in [4.78, 5) is 23.5. The number of para-hydroxylation sites is 1. The topological polar surface area (TPSA) is 64.6 Å². The monoisotopic (exact) mass is 363 g/mol. The van der Waals surface area contributed by atoms with Gasteiger partial charge in [0, 0.05) is 10.2 Å². The fourth-order valence-corrected chi connectivity index (χ4v) is 2.18. The molecule has 2 aromatic carbocycles. The summed E-state index contributed by atoms with van der Waals surface area (Å²) in [6, 6.07) is 13.8. The highest BCUT2D eigenvalue weighted by molar-refractivity contribution is 9.10. The Labute approximate surface area is 136 Å². The Kier molecular flexibility index (Phi) is 5.55. The largest absolute Gasteiger partial charge is 0.483 e. The van der Waals surface area contributed by atoms with Crippen molar-refractivity contribution in [3.63, 3.8) is 0 Å². The highest BCUT2D eigenvalue weighted by Crippen LogP contribution is 2.19. The van der Waals surface area contributed by atoms with Crippen LogP contribution in [0.1, 0.15) is 10.4 Å². The Balaban J connectivity index is 1.98. The zero-order valence-electron chi connectivity index (χ0n) is 11.8. The van der Waals surface area contributed by atoms with Crippen molar-refractivity contribution < 1.29 is 19.1 Å². The van der Waals surface area contributed by atoms with Crippen molar-refractivity contribution in [2.45, 2.75) is 0 Å². The maximum atomic E-state index is 11.9. The molecule has 114 valence electrons. The number of hydrogen-bond donors (Lipinski definition) is 1. The van der Waals surface area contributed by atoms with E-state index < -0.39 is 5.97 Å². The van der Waals surface area contributed by atoms with Gasteiger partial charge in [0.15, 0.2) is 6.61 Å². The summed E-state index contributed by atoms with van der Waals surface area (Å²) in [6.07, 6.45) is 0.